The number of rotatable bonds is 8. The molecule has 0 atom stereocenters. The van der Waals surface area contributed by atoms with E-state index >= 15 is 0 Å². The summed E-state index contributed by atoms with van der Waals surface area (Å²) in [6.45, 7) is 5.20. The first kappa shape index (κ1) is 25.0. The van der Waals surface area contributed by atoms with Crippen LogP contribution >= 0.6 is 0 Å². The highest BCUT2D eigenvalue weighted by Gasteiger charge is 2.23. The van der Waals surface area contributed by atoms with E-state index in [0.717, 1.165) is 11.8 Å². The van der Waals surface area contributed by atoms with Crippen molar-refractivity contribution in [3.05, 3.63) is 96.7 Å². The fourth-order valence-electron chi connectivity index (χ4n) is 3.41. The molecule has 0 fully saturated rings. The van der Waals surface area contributed by atoms with Gasteiger partial charge >= 0.3 is 6.09 Å². The molecule has 11 heteroatoms. The van der Waals surface area contributed by atoms with Crippen molar-refractivity contribution in [2.45, 2.75) is 13.5 Å². The summed E-state index contributed by atoms with van der Waals surface area (Å²) in [7, 11) is 1.80. The average molecular weight is 502 g/mol. The van der Waals surface area contributed by atoms with Crippen LogP contribution in [0.4, 0.5) is 38.0 Å². The number of amides is 2. The molecule has 0 unspecified atom stereocenters. The van der Waals surface area contributed by atoms with Crippen LogP contribution in [0.25, 0.3) is 0 Å². The number of hydrogen-bond donors (Lipinski definition) is 2. The summed E-state index contributed by atoms with van der Waals surface area (Å²) >= 11 is 0. The molecule has 0 saturated carbocycles. The summed E-state index contributed by atoms with van der Waals surface area (Å²) in [6.07, 6.45) is 3.69. The molecule has 0 aliphatic heterocycles. The first-order valence-corrected chi connectivity index (χ1v) is 11.2. The van der Waals surface area contributed by atoms with Crippen LogP contribution < -0.4 is 15.5 Å². The highest BCUT2D eigenvalue weighted by Crippen LogP contribution is 2.29. The largest absolute Gasteiger partial charge is 0.444 e. The fourth-order valence-corrected chi connectivity index (χ4v) is 3.41. The number of carbonyl (C=O) groups is 2. The second kappa shape index (κ2) is 11.1. The Morgan fingerprint density at radius 2 is 1.97 bits per heavy atom. The van der Waals surface area contributed by atoms with E-state index in [2.05, 4.69) is 32.3 Å². The lowest BCUT2D eigenvalue weighted by Gasteiger charge is -2.22. The summed E-state index contributed by atoms with van der Waals surface area (Å²) in [5.74, 6) is -0.334. The number of ether oxygens (including phenoxy) is 1. The van der Waals surface area contributed by atoms with Gasteiger partial charge < -0.3 is 15.4 Å². The quantitative estimate of drug-likeness (QED) is 0.327. The van der Waals surface area contributed by atoms with Crippen LogP contribution in [0.15, 0.2) is 79.6 Å². The van der Waals surface area contributed by atoms with Crippen LogP contribution in [-0.2, 0) is 23.2 Å². The molecule has 2 heterocycles. The number of anilines is 5. The normalized spacial score (nSPS) is 10.5. The van der Waals surface area contributed by atoms with Gasteiger partial charge in [0.15, 0.2) is 0 Å². The minimum Gasteiger partial charge on any atom is -0.444 e. The van der Waals surface area contributed by atoms with Crippen molar-refractivity contribution >= 4 is 40.8 Å². The van der Waals surface area contributed by atoms with Crippen LogP contribution in [-0.4, -0.2) is 31.7 Å². The van der Waals surface area contributed by atoms with Gasteiger partial charge in [-0.05, 0) is 48.9 Å². The Hall–Kier alpha value is -5.06. The van der Waals surface area contributed by atoms with E-state index in [1.54, 1.807) is 48.3 Å². The lowest BCUT2D eigenvalue weighted by Crippen LogP contribution is -2.28. The van der Waals surface area contributed by atoms with Crippen LogP contribution in [0.3, 0.4) is 0 Å². The molecule has 0 bridgehead atoms. The molecule has 2 amide bonds. The highest BCUT2D eigenvalue weighted by atomic mass is 19.1. The summed E-state index contributed by atoms with van der Waals surface area (Å²) < 4.78 is 20.4. The van der Waals surface area contributed by atoms with Crippen molar-refractivity contribution in [2.24, 2.45) is 7.05 Å². The van der Waals surface area contributed by atoms with E-state index in [1.807, 2.05) is 6.92 Å². The Morgan fingerprint density at radius 1 is 1.19 bits per heavy atom. The Labute approximate surface area is 212 Å². The van der Waals surface area contributed by atoms with Crippen LogP contribution in [0.2, 0.25) is 0 Å². The molecule has 2 N–H and O–H groups in total. The monoisotopic (exact) mass is 501 g/mol. The molecule has 4 rings (SSSR count). The Morgan fingerprint density at radius 3 is 2.68 bits per heavy atom. The highest BCUT2D eigenvalue weighted by molar-refractivity contribution is 6.00. The third-order valence-electron chi connectivity index (χ3n) is 5.15. The van der Waals surface area contributed by atoms with Gasteiger partial charge in [-0.2, -0.15) is 10.1 Å². The number of carbonyl (C=O) groups excluding carboxylic acids is 2. The van der Waals surface area contributed by atoms with Gasteiger partial charge in [0, 0.05) is 31.2 Å². The topological polar surface area (TPSA) is 114 Å². The van der Waals surface area contributed by atoms with E-state index in [1.165, 1.54) is 35.4 Å². The summed E-state index contributed by atoms with van der Waals surface area (Å²) in [6, 6.07) is 13.8. The number of nitrogens with zero attached hydrogens (tertiary/aromatic N) is 5. The van der Waals surface area contributed by atoms with E-state index in [9.17, 15) is 14.0 Å². The minimum absolute atomic E-state index is 0.0897. The molecular weight excluding hydrogens is 477 g/mol. The second-order valence-corrected chi connectivity index (χ2v) is 7.93. The van der Waals surface area contributed by atoms with Crippen molar-refractivity contribution in [2.75, 3.05) is 15.5 Å². The number of hydrogen-bond acceptors (Lipinski definition) is 7. The number of aryl methyl sites for hydroxylation is 2. The lowest BCUT2D eigenvalue weighted by molar-refractivity contribution is -0.111. The van der Waals surface area contributed by atoms with Gasteiger partial charge in [0.1, 0.15) is 18.2 Å². The Bertz CT molecular complexity index is 1440. The molecule has 0 spiro atoms. The third kappa shape index (κ3) is 6.34. The van der Waals surface area contributed by atoms with Crippen molar-refractivity contribution in [1.29, 1.82) is 0 Å². The van der Waals surface area contributed by atoms with Crippen molar-refractivity contribution in [3.63, 3.8) is 0 Å². The maximum absolute atomic E-state index is 13.3. The van der Waals surface area contributed by atoms with Crippen molar-refractivity contribution in [1.82, 2.24) is 19.7 Å². The smallest absolute Gasteiger partial charge is 0.420 e. The molecule has 0 saturated heterocycles. The molecule has 2 aromatic heterocycles. The zero-order valence-electron chi connectivity index (χ0n) is 20.2. The predicted molar refractivity (Wildman–Crippen MR) is 137 cm³/mol. The number of nitrogens with one attached hydrogen (secondary N) is 2. The van der Waals surface area contributed by atoms with Gasteiger partial charge in [-0.25, -0.2) is 19.1 Å². The maximum Gasteiger partial charge on any atom is 0.420 e. The van der Waals surface area contributed by atoms with E-state index < -0.39 is 12.0 Å². The molecule has 188 valence electrons. The molecule has 0 radical (unpaired) electrons. The van der Waals surface area contributed by atoms with Crippen molar-refractivity contribution < 1.29 is 18.7 Å². The molecule has 37 heavy (non-hydrogen) atoms. The van der Waals surface area contributed by atoms with Crippen LogP contribution in [0, 0.1) is 12.7 Å². The molecule has 2 aromatic carbocycles. The lowest BCUT2D eigenvalue weighted by atomic mass is 10.2. The van der Waals surface area contributed by atoms with E-state index in [0.29, 0.717) is 22.6 Å². The van der Waals surface area contributed by atoms with Gasteiger partial charge in [-0.3, -0.25) is 9.48 Å². The molecule has 0 aliphatic rings. The van der Waals surface area contributed by atoms with E-state index in [-0.39, 0.29) is 24.2 Å². The summed E-state index contributed by atoms with van der Waals surface area (Å²) in [5.41, 5.74) is 2.89. The maximum atomic E-state index is 13.3. The standard InChI is InChI=1S/C26H24FN7O3/c1-4-24(35)29-20-6-5-7-21(14-20)34(26(36)37-16-18-8-10-19(27)11-9-18)23-12-13-28-25(31-23)30-22-15-33(3)32-17(22)2/h4-15H,1,16H2,2-3H3,(H,29,35)(H,28,30,31). The Balaban J connectivity index is 1.66. The summed E-state index contributed by atoms with van der Waals surface area (Å²) in [5, 5.41) is 10.1. The molecule has 0 aliphatic carbocycles. The molecule has 10 nitrogen and oxygen atoms in total. The third-order valence-corrected chi connectivity index (χ3v) is 5.15. The average Bonchev–Trinajstić information content (AvgIpc) is 3.20. The van der Waals surface area contributed by atoms with Crippen LogP contribution in [0.5, 0.6) is 0 Å². The van der Waals surface area contributed by atoms with Gasteiger partial charge in [-0.1, -0.05) is 24.8 Å². The molecular formula is C26H24FN7O3. The zero-order chi connectivity index (χ0) is 26.4. The number of aromatic nitrogens is 4. The first-order valence-electron chi connectivity index (χ1n) is 11.2. The summed E-state index contributed by atoms with van der Waals surface area (Å²) in [4.78, 5) is 35.1. The van der Waals surface area contributed by atoms with E-state index in [4.69, 9.17) is 4.74 Å². The molecule has 4 aromatic rings. The fraction of sp³-hybridized carbons (Fsp3) is 0.115. The van der Waals surface area contributed by atoms with Gasteiger partial charge in [0.2, 0.25) is 11.9 Å². The SMILES string of the molecule is C=CC(=O)Nc1cccc(N(C(=O)OCc2ccc(F)cc2)c2ccnc(Nc3cn(C)nc3C)n2)c1. The minimum atomic E-state index is -0.737. The zero-order valence-corrected chi connectivity index (χ0v) is 20.2. The van der Waals surface area contributed by atoms with Gasteiger partial charge in [0.25, 0.3) is 0 Å². The predicted octanol–water partition coefficient (Wildman–Crippen LogP) is 5.00. The van der Waals surface area contributed by atoms with Crippen LogP contribution in [0.1, 0.15) is 11.3 Å². The van der Waals surface area contributed by atoms with Gasteiger partial charge in [0.05, 0.1) is 17.1 Å². The first-order chi connectivity index (χ1) is 17.8. The van der Waals surface area contributed by atoms with Crippen molar-refractivity contribution in [3.8, 4) is 0 Å². The number of halogens is 1. The Kier molecular flexibility index (Phi) is 7.53. The second-order valence-electron chi connectivity index (χ2n) is 7.93. The number of benzene rings is 2. The van der Waals surface area contributed by atoms with Gasteiger partial charge in [-0.15, -0.1) is 0 Å².